The molecule has 0 bridgehead atoms. The smallest absolute Gasteiger partial charge is 0.247 e. The highest BCUT2D eigenvalue weighted by molar-refractivity contribution is 7.16. The highest BCUT2D eigenvalue weighted by Crippen LogP contribution is 2.52. The second-order valence-corrected chi connectivity index (χ2v) is 8.31. The molecule has 2 aliphatic rings. The zero-order chi connectivity index (χ0) is 18.6. The molecule has 27 heavy (non-hydrogen) atoms. The van der Waals surface area contributed by atoms with E-state index in [2.05, 4.69) is 4.98 Å². The lowest BCUT2D eigenvalue weighted by Gasteiger charge is -2.22. The first-order valence-corrected chi connectivity index (χ1v) is 9.67. The molecule has 0 saturated heterocycles. The Morgan fingerprint density at radius 1 is 1.26 bits per heavy atom. The fraction of sp³-hybridized carbons (Fsp3) is 0.200. The first-order valence-electron chi connectivity index (χ1n) is 8.47. The number of rotatable bonds is 3. The predicted molar refractivity (Wildman–Crippen MR) is 104 cm³/mol. The maximum Gasteiger partial charge on any atom is 0.247 e. The molecule has 0 saturated carbocycles. The summed E-state index contributed by atoms with van der Waals surface area (Å²) in [6.07, 6.45) is 0. The number of aromatic nitrogens is 1. The number of halogens is 1. The molecular formula is C20H15ClN2O3S. The summed E-state index contributed by atoms with van der Waals surface area (Å²) in [5, 5.41) is 0. The minimum absolute atomic E-state index is 0.0345. The summed E-state index contributed by atoms with van der Waals surface area (Å²) in [5.74, 6) is 1.06. The van der Waals surface area contributed by atoms with Gasteiger partial charge in [-0.3, -0.25) is 4.79 Å². The van der Waals surface area contributed by atoms with Gasteiger partial charge in [-0.05, 0) is 24.3 Å². The van der Waals surface area contributed by atoms with Gasteiger partial charge in [-0.2, -0.15) is 0 Å². The average Bonchev–Trinajstić information content (AvgIpc) is 3.34. The van der Waals surface area contributed by atoms with Crippen LogP contribution in [-0.2, 0) is 16.8 Å². The summed E-state index contributed by atoms with van der Waals surface area (Å²) < 4.78 is 11.9. The Balaban J connectivity index is 1.66. The van der Waals surface area contributed by atoms with Crippen molar-refractivity contribution in [1.29, 1.82) is 0 Å². The highest BCUT2D eigenvalue weighted by atomic mass is 35.5. The van der Waals surface area contributed by atoms with Crippen molar-refractivity contribution < 1.29 is 14.3 Å². The summed E-state index contributed by atoms with van der Waals surface area (Å²) >= 11 is 7.55. The van der Waals surface area contributed by atoms with Crippen LogP contribution in [0.25, 0.3) is 0 Å². The lowest BCUT2D eigenvalue weighted by atomic mass is 9.80. The summed E-state index contributed by atoms with van der Waals surface area (Å²) in [5.41, 5.74) is 1.47. The molecule has 0 fully saturated rings. The van der Waals surface area contributed by atoms with Crippen molar-refractivity contribution in [3.05, 3.63) is 69.0 Å². The number of amides is 1. The van der Waals surface area contributed by atoms with Gasteiger partial charge in [0, 0.05) is 22.2 Å². The van der Waals surface area contributed by atoms with Crippen molar-refractivity contribution in [2.45, 2.75) is 12.0 Å². The van der Waals surface area contributed by atoms with Crippen molar-refractivity contribution in [1.82, 2.24) is 4.98 Å². The Hall–Kier alpha value is -2.57. The van der Waals surface area contributed by atoms with E-state index >= 15 is 0 Å². The number of methoxy groups -OCH3 is 1. The molecule has 2 aliphatic heterocycles. The van der Waals surface area contributed by atoms with E-state index in [-0.39, 0.29) is 12.5 Å². The van der Waals surface area contributed by atoms with E-state index in [1.54, 1.807) is 18.1 Å². The van der Waals surface area contributed by atoms with Crippen LogP contribution in [0, 0.1) is 0 Å². The molecule has 1 unspecified atom stereocenters. The third-order valence-corrected chi connectivity index (χ3v) is 6.31. The molecule has 3 aromatic rings. The molecule has 1 aromatic carbocycles. The maximum absolute atomic E-state index is 13.7. The van der Waals surface area contributed by atoms with Gasteiger partial charge in [0.15, 0.2) is 5.41 Å². The van der Waals surface area contributed by atoms with E-state index in [4.69, 9.17) is 21.1 Å². The zero-order valence-corrected chi connectivity index (χ0v) is 16.0. The Labute approximate surface area is 165 Å². The van der Waals surface area contributed by atoms with Crippen LogP contribution in [0.15, 0.2) is 48.5 Å². The van der Waals surface area contributed by atoms with Crippen molar-refractivity contribution >= 4 is 34.5 Å². The molecular weight excluding hydrogens is 384 g/mol. The summed E-state index contributed by atoms with van der Waals surface area (Å²) in [7, 11) is 1.56. The molecule has 1 amide bonds. The standard InChI is InChI=1S/C20H15ClN2O3S/c1-25-17-9-7-15-18(22-17)20(11-26-15)13-4-2-3-5-14(13)23(19(20)24)10-12-6-8-16(21)27-12/h2-9H,10-11H2,1H3. The monoisotopic (exact) mass is 398 g/mol. The maximum atomic E-state index is 13.7. The van der Waals surface area contributed by atoms with E-state index in [1.807, 2.05) is 42.5 Å². The number of benzene rings is 1. The van der Waals surface area contributed by atoms with E-state index in [0.717, 1.165) is 16.1 Å². The SMILES string of the molecule is COc1ccc2c(n1)C1(CO2)C(=O)N(Cc2ccc(Cl)s2)c2ccccc21. The Morgan fingerprint density at radius 3 is 2.89 bits per heavy atom. The number of anilines is 1. The van der Waals surface area contributed by atoms with E-state index in [1.165, 1.54) is 11.3 Å². The number of fused-ring (bicyclic) bond motifs is 4. The van der Waals surface area contributed by atoms with Crippen LogP contribution in [0.5, 0.6) is 11.6 Å². The van der Waals surface area contributed by atoms with Crippen LogP contribution in [-0.4, -0.2) is 24.6 Å². The van der Waals surface area contributed by atoms with Gasteiger partial charge >= 0.3 is 0 Å². The number of para-hydroxylation sites is 1. The fourth-order valence-electron chi connectivity index (χ4n) is 3.86. The third kappa shape index (κ3) is 2.30. The van der Waals surface area contributed by atoms with Crippen molar-refractivity contribution in [2.75, 3.05) is 18.6 Å². The van der Waals surface area contributed by atoms with Gasteiger partial charge in [-0.1, -0.05) is 29.8 Å². The van der Waals surface area contributed by atoms with Gasteiger partial charge in [0.1, 0.15) is 18.1 Å². The number of carbonyl (C=O) groups is 1. The molecule has 0 aliphatic carbocycles. The van der Waals surface area contributed by atoms with E-state index < -0.39 is 5.41 Å². The van der Waals surface area contributed by atoms with Crippen molar-refractivity contribution in [2.24, 2.45) is 0 Å². The van der Waals surface area contributed by atoms with Crippen LogP contribution < -0.4 is 14.4 Å². The molecule has 1 spiro atoms. The quantitative estimate of drug-likeness (QED) is 0.668. The van der Waals surface area contributed by atoms with Gasteiger partial charge in [0.25, 0.3) is 0 Å². The van der Waals surface area contributed by atoms with Gasteiger partial charge in [0.05, 0.1) is 18.0 Å². The topological polar surface area (TPSA) is 51.7 Å². The Bertz CT molecular complexity index is 1070. The van der Waals surface area contributed by atoms with Gasteiger partial charge in [0.2, 0.25) is 11.8 Å². The molecule has 1 atom stereocenters. The average molecular weight is 399 g/mol. The molecule has 5 nitrogen and oxygen atoms in total. The zero-order valence-electron chi connectivity index (χ0n) is 14.4. The number of ether oxygens (including phenoxy) is 2. The normalized spacial score (nSPS) is 19.9. The van der Waals surface area contributed by atoms with Crippen LogP contribution in [0.3, 0.4) is 0 Å². The Kier molecular flexibility index (Phi) is 3.67. The Morgan fingerprint density at radius 2 is 2.11 bits per heavy atom. The van der Waals surface area contributed by atoms with Crippen molar-refractivity contribution in [3.63, 3.8) is 0 Å². The fourth-order valence-corrected chi connectivity index (χ4v) is 4.94. The number of thiophene rings is 1. The molecule has 0 radical (unpaired) electrons. The van der Waals surface area contributed by atoms with Crippen molar-refractivity contribution in [3.8, 4) is 11.6 Å². The van der Waals surface area contributed by atoms with Crippen LogP contribution in [0.4, 0.5) is 5.69 Å². The van der Waals surface area contributed by atoms with Crippen LogP contribution in [0.1, 0.15) is 16.1 Å². The predicted octanol–water partition coefficient (Wildman–Crippen LogP) is 4.03. The first-order chi connectivity index (χ1) is 13.1. The first kappa shape index (κ1) is 16.6. The highest BCUT2D eigenvalue weighted by Gasteiger charge is 2.58. The molecule has 0 N–H and O–H groups in total. The van der Waals surface area contributed by atoms with E-state index in [9.17, 15) is 4.79 Å². The second-order valence-electron chi connectivity index (χ2n) is 6.51. The minimum Gasteiger partial charge on any atom is -0.490 e. The van der Waals surface area contributed by atoms with Gasteiger partial charge < -0.3 is 14.4 Å². The lowest BCUT2D eigenvalue weighted by Crippen LogP contribution is -2.42. The number of hydrogen-bond donors (Lipinski definition) is 0. The molecule has 2 aromatic heterocycles. The number of carbonyl (C=O) groups excluding carboxylic acids is 1. The lowest BCUT2D eigenvalue weighted by molar-refractivity contribution is -0.122. The van der Waals surface area contributed by atoms with Gasteiger partial charge in [-0.25, -0.2) is 4.98 Å². The minimum atomic E-state index is -0.943. The summed E-state index contributed by atoms with van der Waals surface area (Å²) in [6, 6.07) is 15.2. The largest absolute Gasteiger partial charge is 0.490 e. The van der Waals surface area contributed by atoms with Crippen LogP contribution in [0.2, 0.25) is 4.34 Å². The van der Waals surface area contributed by atoms with Gasteiger partial charge in [-0.15, -0.1) is 11.3 Å². The molecule has 5 rings (SSSR count). The van der Waals surface area contributed by atoms with E-state index in [0.29, 0.717) is 28.2 Å². The summed E-state index contributed by atoms with van der Waals surface area (Å²) in [4.78, 5) is 21.1. The summed E-state index contributed by atoms with van der Waals surface area (Å²) in [6.45, 7) is 0.703. The second kappa shape index (κ2) is 5.97. The number of pyridine rings is 1. The number of hydrogen-bond acceptors (Lipinski definition) is 5. The number of nitrogens with zero attached hydrogens (tertiary/aromatic N) is 2. The molecule has 7 heteroatoms. The molecule has 4 heterocycles. The third-order valence-electron chi connectivity index (χ3n) is 5.10. The van der Waals surface area contributed by atoms with Crippen LogP contribution >= 0.6 is 22.9 Å². The molecule has 136 valence electrons.